The Labute approximate surface area is 144 Å². The number of likely N-dealkylation sites (tertiary alicyclic amines) is 3. The number of piperidine rings is 1. The molecule has 1 aromatic heterocycles. The summed E-state index contributed by atoms with van der Waals surface area (Å²) in [7, 11) is 0. The van der Waals surface area contributed by atoms with Gasteiger partial charge in [-0.2, -0.15) is 0 Å². The van der Waals surface area contributed by atoms with E-state index in [1.54, 1.807) is 0 Å². The van der Waals surface area contributed by atoms with Crippen molar-refractivity contribution in [3.63, 3.8) is 0 Å². The molecule has 2 amide bonds. The molecule has 4 heterocycles. The molecule has 130 valence electrons. The van der Waals surface area contributed by atoms with Crippen LogP contribution in [-0.4, -0.2) is 65.0 Å². The van der Waals surface area contributed by atoms with Crippen molar-refractivity contribution >= 4 is 6.03 Å². The van der Waals surface area contributed by atoms with E-state index < -0.39 is 0 Å². The molecule has 5 heteroatoms. The van der Waals surface area contributed by atoms with Crippen molar-refractivity contribution in [1.29, 1.82) is 0 Å². The van der Waals surface area contributed by atoms with Crippen LogP contribution in [0.4, 0.5) is 4.79 Å². The van der Waals surface area contributed by atoms with E-state index in [0.717, 1.165) is 45.6 Å². The highest BCUT2D eigenvalue weighted by Crippen LogP contribution is 2.41. The van der Waals surface area contributed by atoms with Crippen LogP contribution in [0.15, 0.2) is 24.5 Å². The summed E-state index contributed by atoms with van der Waals surface area (Å²) in [5.74, 6) is 0. The van der Waals surface area contributed by atoms with Gasteiger partial charge in [-0.05, 0) is 55.7 Å². The maximum absolute atomic E-state index is 12.5. The zero-order chi connectivity index (χ0) is 16.4. The Bertz CT molecular complexity index is 562. The molecule has 0 unspecified atom stereocenters. The second-order valence-electron chi connectivity index (χ2n) is 7.79. The molecule has 3 fully saturated rings. The highest BCUT2D eigenvalue weighted by atomic mass is 16.2. The molecule has 3 saturated heterocycles. The van der Waals surface area contributed by atoms with Gasteiger partial charge in [0.1, 0.15) is 0 Å². The molecular weight excluding hydrogens is 300 g/mol. The lowest BCUT2D eigenvalue weighted by atomic mass is 9.78. The third kappa shape index (κ3) is 3.27. The maximum Gasteiger partial charge on any atom is 0.319 e. The Balaban J connectivity index is 1.30. The van der Waals surface area contributed by atoms with Crippen LogP contribution in [0.3, 0.4) is 0 Å². The van der Waals surface area contributed by atoms with Gasteiger partial charge in [0.2, 0.25) is 0 Å². The molecule has 1 spiro atoms. The van der Waals surface area contributed by atoms with Gasteiger partial charge in [-0.3, -0.25) is 9.88 Å². The average Bonchev–Trinajstić information content (AvgIpc) is 3.27. The number of carbonyl (C=O) groups excluding carboxylic acids is 1. The summed E-state index contributed by atoms with van der Waals surface area (Å²) in [6.45, 7) is 7.15. The van der Waals surface area contributed by atoms with Crippen LogP contribution in [0.2, 0.25) is 0 Å². The summed E-state index contributed by atoms with van der Waals surface area (Å²) in [6.07, 6.45) is 9.76. The van der Waals surface area contributed by atoms with Gasteiger partial charge < -0.3 is 9.80 Å². The predicted molar refractivity (Wildman–Crippen MR) is 93.6 cm³/mol. The number of hydrogen-bond donors (Lipinski definition) is 0. The van der Waals surface area contributed by atoms with Crippen LogP contribution < -0.4 is 0 Å². The third-order valence-corrected chi connectivity index (χ3v) is 6.12. The van der Waals surface area contributed by atoms with Crippen molar-refractivity contribution in [2.45, 2.75) is 38.6 Å². The zero-order valence-electron chi connectivity index (χ0n) is 14.5. The van der Waals surface area contributed by atoms with Crippen LogP contribution in [0, 0.1) is 5.41 Å². The first-order valence-corrected chi connectivity index (χ1v) is 9.39. The third-order valence-electron chi connectivity index (χ3n) is 6.12. The first-order chi connectivity index (χ1) is 11.7. The molecule has 0 N–H and O–H groups in total. The molecule has 0 aliphatic carbocycles. The predicted octanol–water partition coefficient (Wildman–Crippen LogP) is 2.59. The fraction of sp³-hybridized carbons (Fsp3) is 0.684. The largest absolute Gasteiger partial charge is 0.325 e. The standard InChI is InChI=1S/C19H28N4O/c24-18(22-9-1-2-10-22)23-12-6-19(7-13-23)5-11-21(16-19)15-17-4-3-8-20-14-17/h3-4,8,14H,1-2,5-7,9-13,15-16H2. The molecule has 0 saturated carbocycles. The molecule has 3 aliphatic rings. The second kappa shape index (κ2) is 6.71. The maximum atomic E-state index is 12.5. The average molecular weight is 328 g/mol. The first kappa shape index (κ1) is 15.9. The summed E-state index contributed by atoms with van der Waals surface area (Å²) in [4.78, 5) is 23.5. The highest BCUT2D eigenvalue weighted by molar-refractivity contribution is 5.74. The Morgan fingerprint density at radius 3 is 2.46 bits per heavy atom. The lowest BCUT2D eigenvalue weighted by molar-refractivity contribution is 0.102. The SMILES string of the molecule is O=C(N1CCCC1)N1CCC2(CCN(Cc3cccnc3)C2)CC1. The number of rotatable bonds is 2. The van der Waals surface area contributed by atoms with Gasteiger partial charge in [0.15, 0.2) is 0 Å². The molecule has 24 heavy (non-hydrogen) atoms. The van der Waals surface area contributed by atoms with Gasteiger partial charge >= 0.3 is 6.03 Å². The molecular formula is C19H28N4O. The van der Waals surface area contributed by atoms with E-state index >= 15 is 0 Å². The summed E-state index contributed by atoms with van der Waals surface area (Å²) >= 11 is 0. The van der Waals surface area contributed by atoms with Gasteiger partial charge in [-0.15, -0.1) is 0 Å². The monoisotopic (exact) mass is 328 g/mol. The van der Waals surface area contributed by atoms with Crippen LogP contribution in [0.25, 0.3) is 0 Å². The molecule has 5 nitrogen and oxygen atoms in total. The minimum Gasteiger partial charge on any atom is -0.325 e. The van der Waals surface area contributed by atoms with E-state index in [1.807, 2.05) is 23.4 Å². The van der Waals surface area contributed by atoms with Crippen molar-refractivity contribution in [3.8, 4) is 0 Å². The van der Waals surface area contributed by atoms with Crippen molar-refractivity contribution < 1.29 is 4.79 Å². The van der Waals surface area contributed by atoms with Crippen molar-refractivity contribution in [1.82, 2.24) is 19.7 Å². The highest BCUT2D eigenvalue weighted by Gasteiger charge is 2.41. The quantitative estimate of drug-likeness (QED) is 0.838. The first-order valence-electron chi connectivity index (χ1n) is 9.39. The van der Waals surface area contributed by atoms with Gasteiger partial charge in [0.25, 0.3) is 0 Å². The van der Waals surface area contributed by atoms with Crippen LogP contribution >= 0.6 is 0 Å². The Morgan fingerprint density at radius 1 is 1.04 bits per heavy atom. The molecule has 4 rings (SSSR count). The fourth-order valence-electron chi connectivity index (χ4n) is 4.60. The van der Waals surface area contributed by atoms with E-state index in [9.17, 15) is 4.79 Å². The molecule has 0 bridgehead atoms. The van der Waals surface area contributed by atoms with E-state index in [4.69, 9.17) is 0 Å². The number of pyridine rings is 1. The second-order valence-corrected chi connectivity index (χ2v) is 7.79. The number of hydrogen-bond acceptors (Lipinski definition) is 3. The topological polar surface area (TPSA) is 39.7 Å². The summed E-state index contributed by atoms with van der Waals surface area (Å²) in [5.41, 5.74) is 1.74. The minimum absolute atomic E-state index is 0.285. The number of aromatic nitrogens is 1. The molecule has 3 aliphatic heterocycles. The minimum atomic E-state index is 0.285. The normalized spacial score (nSPS) is 24.0. The van der Waals surface area contributed by atoms with Gasteiger partial charge in [0.05, 0.1) is 0 Å². The molecule has 1 aromatic rings. The van der Waals surface area contributed by atoms with Crippen molar-refractivity contribution in [2.24, 2.45) is 5.41 Å². The number of urea groups is 1. The Morgan fingerprint density at radius 2 is 1.75 bits per heavy atom. The van der Waals surface area contributed by atoms with Crippen molar-refractivity contribution in [3.05, 3.63) is 30.1 Å². The van der Waals surface area contributed by atoms with Crippen LogP contribution in [-0.2, 0) is 6.54 Å². The van der Waals surface area contributed by atoms with E-state index in [-0.39, 0.29) is 6.03 Å². The summed E-state index contributed by atoms with van der Waals surface area (Å²) < 4.78 is 0. The fourth-order valence-corrected chi connectivity index (χ4v) is 4.60. The lowest BCUT2D eigenvalue weighted by Crippen LogP contribution is -2.48. The van der Waals surface area contributed by atoms with Crippen molar-refractivity contribution in [2.75, 3.05) is 39.3 Å². The Kier molecular flexibility index (Phi) is 4.44. The van der Waals surface area contributed by atoms with E-state index in [0.29, 0.717) is 5.41 Å². The molecule has 0 aromatic carbocycles. The number of carbonyl (C=O) groups is 1. The summed E-state index contributed by atoms with van der Waals surface area (Å²) in [6, 6.07) is 4.46. The van der Waals surface area contributed by atoms with E-state index in [2.05, 4.69) is 20.9 Å². The molecule has 0 radical (unpaired) electrons. The van der Waals surface area contributed by atoms with Gasteiger partial charge in [-0.1, -0.05) is 6.07 Å². The van der Waals surface area contributed by atoms with Gasteiger partial charge in [-0.25, -0.2) is 4.79 Å². The number of amides is 2. The smallest absolute Gasteiger partial charge is 0.319 e. The van der Waals surface area contributed by atoms with Crippen LogP contribution in [0.5, 0.6) is 0 Å². The Hall–Kier alpha value is -1.62. The van der Waals surface area contributed by atoms with Crippen LogP contribution in [0.1, 0.15) is 37.7 Å². The molecule has 0 atom stereocenters. The van der Waals surface area contributed by atoms with Gasteiger partial charge in [0, 0.05) is 51.7 Å². The lowest BCUT2D eigenvalue weighted by Gasteiger charge is -2.40. The number of nitrogens with zero attached hydrogens (tertiary/aromatic N) is 4. The summed E-state index contributed by atoms with van der Waals surface area (Å²) in [5, 5.41) is 0. The van der Waals surface area contributed by atoms with E-state index in [1.165, 1.54) is 37.9 Å². The zero-order valence-corrected chi connectivity index (χ0v) is 14.5.